The lowest BCUT2D eigenvalue weighted by Gasteiger charge is -2.52. The molecule has 2 fully saturated rings. The standard InChI is InChI=1S/C24H26N4O2/c29-23(21-16-20(26-27-21)17-10-13-25-14-11-17)28-15-12-24(30,18-6-2-1-3-7-18)19-8-4-5-9-22(19)28/h1-3,6-7,10-11,13-14,16,19,22,30H,4-5,8-9,12,15H2,(H,26,27)/t19-,22+,24-/m0/s1. The van der Waals surface area contributed by atoms with Gasteiger partial charge in [-0.3, -0.25) is 14.9 Å². The number of aromatic amines is 1. The molecule has 0 spiro atoms. The molecule has 1 saturated heterocycles. The van der Waals surface area contributed by atoms with Crippen molar-refractivity contribution in [1.29, 1.82) is 0 Å². The highest BCUT2D eigenvalue weighted by Gasteiger charge is 2.50. The molecule has 154 valence electrons. The van der Waals surface area contributed by atoms with Crippen molar-refractivity contribution in [2.24, 2.45) is 5.92 Å². The number of benzene rings is 1. The van der Waals surface area contributed by atoms with Gasteiger partial charge in [0.2, 0.25) is 0 Å². The van der Waals surface area contributed by atoms with Crippen LogP contribution in [0.5, 0.6) is 0 Å². The van der Waals surface area contributed by atoms with Gasteiger partial charge in [-0.15, -0.1) is 0 Å². The van der Waals surface area contributed by atoms with Crippen LogP contribution in [-0.2, 0) is 5.60 Å². The van der Waals surface area contributed by atoms with E-state index in [1.807, 2.05) is 53.4 Å². The van der Waals surface area contributed by atoms with Crippen LogP contribution < -0.4 is 0 Å². The molecule has 1 aliphatic heterocycles. The first-order chi connectivity index (χ1) is 14.7. The number of carbonyl (C=O) groups is 1. The first-order valence-corrected chi connectivity index (χ1v) is 10.7. The van der Waals surface area contributed by atoms with Gasteiger partial charge >= 0.3 is 0 Å². The number of aliphatic hydroxyl groups is 1. The number of likely N-dealkylation sites (tertiary alicyclic amines) is 1. The lowest BCUT2D eigenvalue weighted by atomic mass is 9.66. The Morgan fingerprint density at radius 3 is 2.67 bits per heavy atom. The van der Waals surface area contributed by atoms with Crippen molar-refractivity contribution in [3.8, 4) is 11.3 Å². The number of pyridine rings is 1. The smallest absolute Gasteiger partial charge is 0.272 e. The highest BCUT2D eigenvalue weighted by atomic mass is 16.3. The Labute approximate surface area is 176 Å². The highest BCUT2D eigenvalue weighted by molar-refractivity contribution is 5.93. The van der Waals surface area contributed by atoms with Crippen LogP contribution in [0.25, 0.3) is 11.3 Å². The van der Waals surface area contributed by atoms with Crippen molar-refractivity contribution in [1.82, 2.24) is 20.1 Å². The van der Waals surface area contributed by atoms with Crippen LogP contribution in [-0.4, -0.2) is 43.7 Å². The number of carbonyl (C=O) groups excluding carboxylic acids is 1. The predicted molar refractivity (Wildman–Crippen MR) is 114 cm³/mol. The van der Waals surface area contributed by atoms with Gasteiger partial charge in [0.15, 0.2) is 0 Å². The number of rotatable bonds is 3. The Morgan fingerprint density at radius 2 is 1.87 bits per heavy atom. The minimum atomic E-state index is -0.876. The summed E-state index contributed by atoms with van der Waals surface area (Å²) in [5.74, 6) is 0.0174. The number of piperidine rings is 1. The molecule has 0 unspecified atom stereocenters. The average molecular weight is 402 g/mol. The Balaban J connectivity index is 1.42. The van der Waals surface area contributed by atoms with E-state index in [9.17, 15) is 9.90 Å². The molecule has 2 aliphatic rings. The number of aromatic nitrogens is 3. The van der Waals surface area contributed by atoms with Crippen LogP contribution >= 0.6 is 0 Å². The SMILES string of the molecule is O=C(c1cc(-c2ccncc2)n[nH]1)N1CC[C@](O)(c2ccccc2)[C@H]2CCCC[C@H]21. The van der Waals surface area contributed by atoms with Crippen LogP contribution in [0.2, 0.25) is 0 Å². The number of H-pyrrole nitrogens is 1. The Morgan fingerprint density at radius 1 is 1.10 bits per heavy atom. The van der Waals surface area contributed by atoms with E-state index in [1.54, 1.807) is 12.4 Å². The first-order valence-electron chi connectivity index (χ1n) is 10.7. The number of nitrogens with one attached hydrogen (secondary N) is 1. The summed E-state index contributed by atoms with van der Waals surface area (Å²) in [6.45, 7) is 0.537. The fraction of sp³-hybridized carbons (Fsp3) is 0.375. The summed E-state index contributed by atoms with van der Waals surface area (Å²) in [6, 6.07) is 15.6. The van der Waals surface area contributed by atoms with E-state index in [1.165, 1.54) is 0 Å². The van der Waals surface area contributed by atoms with Crippen LogP contribution in [0, 0.1) is 5.92 Å². The van der Waals surface area contributed by atoms with Gasteiger partial charge in [-0.05, 0) is 43.0 Å². The van der Waals surface area contributed by atoms with Crippen LogP contribution in [0.15, 0.2) is 60.9 Å². The van der Waals surface area contributed by atoms with Gasteiger partial charge in [0.25, 0.3) is 5.91 Å². The molecule has 3 atom stereocenters. The zero-order valence-corrected chi connectivity index (χ0v) is 16.9. The van der Waals surface area contributed by atoms with E-state index in [-0.39, 0.29) is 17.9 Å². The topological polar surface area (TPSA) is 82.1 Å². The number of fused-ring (bicyclic) bond motifs is 1. The number of hydrogen-bond donors (Lipinski definition) is 2. The van der Waals surface area contributed by atoms with Gasteiger partial charge < -0.3 is 10.0 Å². The molecule has 0 bridgehead atoms. The first kappa shape index (κ1) is 19.0. The van der Waals surface area contributed by atoms with E-state index in [0.717, 1.165) is 42.5 Å². The quantitative estimate of drug-likeness (QED) is 0.699. The summed E-state index contributed by atoms with van der Waals surface area (Å²) in [4.78, 5) is 19.4. The van der Waals surface area contributed by atoms with E-state index >= 15 is 0 Å². The third-order valence-electron chi connectivity index (χ3n) is 6.80. The molecular weight excluding hydrogens is 376 g/mol. The minimum absolute atomic E-state index is 0.0326. The Hall–Kier alpha value is -2.99. The van der Waals surface area contributed by atoms with E-state index in [4.69, 9.17) is 0 Å². The summed E-state index contributed by atoms with van der Waals surface area (Å²) in [5.41, 5.74) is 2.25. The minimum Gasteiger partial charge on any atom is -0.385 e. The van der Waals surface area contributed by atoms with Gasteiger partial charge in [0, 0.05) is 36.5 Å². The molecule has 6 heteroatoms. The largest absolute Gasteiger partial charge is 0.385 e. The maximum absolute atomic E-state index is 13.4. The number of hydrogen-bond acceptors (Lipinski definition) is 4. The molecule has 0 radical (unpaired) electrons. The molecule has 6 nitrogen and oxygen atoms in total. The second kappa shape index (κ2) is 7.69. The maximum atomic E-state index is 13.4. The molecule has 1 aromatic carbocycles. The molecule has 2 aromatic heterocycles. The summed E-state index contributed by atoms with van der Waals surface area (Å²) < 4.78 is 0. The molecule has 1 amide bonds. The van der Waals surface area contributed by atoms with Crippen molar-refractivity contribution in [2.75, 3.05) is 6.54 Å². The normalized spacial score (nSPS) is 26.2. The zero-order valence-electron chi connectivity index (χ0n) is 16.9. The van der Waals surface area contributed by atoms with E-state index in [2.05, 4.69) is 15.2 Å². The van der Waals surface area contributed by atoms with Crippen molar-refractivity contribution in [3.63, 3.8) is 0 Å². The number of amides is 1. The highest BCUT2D eigenvalue weighted by Crippen LogP contribution is 2.47. The zero-order chi connectivity index (χ0) is 20.6. The molecule has 2 N–H and O–H groups in total. The molecular formula is C24H26N4O2. The molecule has 1 saturated carbocycles. The summed E-state index contributed by atoms with van der Waals surface area (Å²) in [5, 5.41) is 19.0. The van der Waals surface area contributed by atoms with Gasteiger partial charge in [-0.25, -0.2) is 0 Å². The van der Waals surface area contributed by atoms with Gasteiger partial charge in [-0.1, -0.05) is 43.2 Å². The van der Waals surface area contributed by atoms with Crippen molar-refractivity contribution in [3.05, 3.63) is 72.2 Å². The van der Waals surface area contributed by atoms with Gasteiger partial charge in [0.1, 0.15) is 5.69 Å². The third kappa shape index (κ3) is 3.21. The average Bonchev–Trinajstić information content (AvgIpc) is 3.31. The molecule has 3 aromatic rings. The number of nitrogens with zero attached hydrogens (tertiary/aromatic N) is 3. The fourth-order valence-electron chi connectivity index (χ4n) is 5.28. The van der Waals surface area contributed by atoms with E-state index in [0.29, 0.717) is 18.7 Å². The lowest BCUT2D eigenvalue weighted by molar-refractivity contribution is -0.110. The van der Waals surface area contributed by atoms with Crippen LogP contribution in [0.1, 0.15) is 48.2 Å². The van der Waals surface area contributed by atoms with Crippen LogP contribution in [0.3, 0.4) is 0 Å². The monoisotopic (exact) mass is 402 g/mol. The lowest BCUT2D eigenvalue weighted by Crippen LogP contribution is -2.59. The second-order valence-corrected chi connectivity index (χ2v) is 8.40. The molecule has 1 aliphatic carbocycles. The van der Waals surface area contributed by atoms with Crippen molar-refractivity contribution >= 4 is 5.91 Å². The summed E-state index contributed by atoms with van der Waals surface area (Å²) in [7, 11) is 0. The van der Waals surface area contributed by atoms with Crippen LogP contribution in [0.4, 0.5) is 0 Å². The molecule has 3 heterocycles. The molecule has 30 heavy (non-hydrogen) atoms. The summed E-state index contributed by atoms with van der Waals surface area (Å²) >= 11 is 0. The maximum Gasteiger partial charge on any atom is 0.272 e. The second-order valence-electron chi connectivity index (χ2n) is 8.40. The Kier molecular flexibility index (Phi) is 4.87. The summed E-state index contributed by atoms with van der Waals surface area (Å²) in [6.07, 6.45) is 8.02. The van der Waals surface area contributed by atoms with E-state index < -0.39 is 5.60 Å². The van der Waals surface area contributed by atoms with Gasteiger partial charge in [0.05, 0.1) is 11.3 Å². The molecule has 5 rings (SSSR count). The van der Waals surface area contributed by atoms with Crippen molar-refractivity contribution in [2.45, 2.75) is 43.7 Å². The Bertz CT molecular complexity index is 1020. The van der Waals surface area contributed by atoms with Crippen molar-refractivity contribution < 1.29 is 9.90 Å². The predicted octanol–water partition coefficient (Wildman–Crippen LogP) is 3.76. The fourth-order valence-corrected chi connectivity index (χ4v) is 5.28. The third-order valence-corrected chi connectivity index (χ3v) is 6.80. The van der Waals surface area contributed by atoms with Gasteiger partial charge in [-0.2, -0.15) is 5.10 Å².